The third-order valence-corrected chi connectivity index (χ3v) is 8.60. The van der Waals surface area contributed by atoms with Crippen LogP contribution < -0.4 is 0 Å². The number of ether oxygens (including phenoxy) is 1. The molecule has 0 aromatic heterocycles. The van der Waals surface area contributed by atoms with Crippen molar-refractivity contribution in [2.24, 2.45) is 0 Å². The fourth-order valence-corrected chi connectivity index (χ4v) is 5.80. The van der Waals surface area contributed by atoms with E-state index >= 15 is 0 Å². The minimum Gasteiger partial charge on any atom is -0.379 e. The summed E-state index contributed by atoms with van der Waals surface area (Å²) in [6.45, 7) is 4.41. The summed E-state index contributed by atoms with van der Waals surface area (Å²) in [5.41, 5.74) is 4.97. The summed E-state index contributed by atoms with van der Waals surface area (Å²) in [6.07, 6.45) is 2.72. The predicted molar refractivity (Wildman–Crippen MR) is 183 cm³/mol. The Kier molecular flexibility index (Phi) is 13.6. The fraction of sp³-hybridized carbons (Fsp3) is 0.250. The number of Topliss-reactive ketones (excluding diaryl/α,β-unsaturated/α-hetero) is 2. The zero-order valence-corrected chi connectivity index (χ0v) is 27.6. The molecule has 0 amide bonds. The lowest BCUT2D eigenvalue weighted by Crippen LogP contribution is -2.35. The predicted octanol–water partition coefficient (Wildman–Crippen LogP) is 9.26. The van der Waals surface area contributed by atoms with E-state index in [0.29, 0.717) is 56.9 Å². The molecule has 0 atom stereocenters. The van der Waals surface area contributed by atoms with E-state index < -0.39 is 0 Å². The standard InChI is InChI=1S/C20H21Cl2NO2.C16H12Cl2O2/c21-18-7-5-16(19(22)13-18)6-8-20(24)17-3-1-15(2-4-17)14-23-9-11-25-12-10-23;17-14-7-5-12(15(18)9-14)6-8-16(20)13-3-1-11(10-19)2-4-13/h1-5,7,13H,6,8-12,14H2;1-5,7,9-10H,6,8H2. The van der Waals surface area contributed by atoms with Crippen molar-refractivity contribution >= 4 is 64.3 Å². The lowest BCUT2D eigenvalue weighted by molar-refractivity contribution is 0.0342. The SMILES string of the molecule is O=C(CCc1ccc(Cl)cc1Cl)c1ccc(CN2CCOCC2)cc1.O=Cc1ccc(C(=O)CCc2ccc(Cl)cc2Cl)cc1. The number of carbonyl (C=O) groups excluding carboxylic acids is 3. The number of rotatable bonds is 11. The van der Waals surface area contributed by atoms with Gasteiger partial charge in [-0.1, -0.05) is 107 Å². The van der Waals surface area contributed by atoms with Crippen LogP contribution in [0.25, 0.3) is 0 Å². The molecule has 4 aromatic rings. The first-order chi connectivity index (χ1) is 21.7. The topological polar surface area (TPSA) is 63.7 Å². The molecule has 0 radical (unpaired) electrons. The van der Waals surface area contributed by atoms with Gasteiger partial charge in [-0.25, -0.2) is 0 Å². The Morgan fingerprint density at radius 1 is 0.667 bits per heavy atom. The van der Waals surface area contributed by atoms with E-state index in [1.165, 1.54) is 5.56 Å². The highest BCUT2D eigenvalue weighted by molar-refractivity contribution is 6.35. The largest absolute Gasteiger partial charge is 0.379 e. The second-order valence-electron chi connectivity index (χ2n) is 10.6. The summed E-state index contributed by atoms with van der Waals surface area (Å²) in [6, 6.07) is 25.1. The highest BCUT2D eigenvalue weighted by atomic mass is 35.5. The summed E-state index contributed by atoms with van der Waals surface area (Å²) in [7, 11) is 0. The molecule has 1 heterocycles. The number of hydrogen-bond donors (Lipinski definition) is 0. The third kappa shape index (κ3) is 11.1. The van der Waals surface area contributed by atoms with E-state index in [9.17, 15) is 14.4 Å². The molecular formula is C36H33Cl4NO4. The first-order valence-corrected chi connectivity index (χ1v) is 16.1. The first kappa shape index (κ1) is 34.8. The van der Waals surface area contributed by atoms with Gasteiger partial charge in [0, 0.05) is 69.3 Å². The Hall–Kier alpha value is -3.03. The van der Waals surface area contributed by atoms with Gasteiger partial charge in [0.25, 0.3) is 0 Å². The van der Waals surface area contributed by atoms with Crippen LogP contribution >= 0.6 is 46.4 Å². The smallest absolute Gasteiger partial charge is 0.163 e. The van der Waals surface area contributed by atoms with Crippen LogP contribution in [-0.2, 0) is 24.1 Å². The van der Waals surface area contributed by atoms with Crippen molar-refractivity contribution in [2.45, 2.75) is 32.2 Å². The summed E-state index contributed by atoms with van der Waals surface area (Å²) < 4.78 is 5.36. The average Bonchev–Trinajstić information content (AvgIpc) is 3.05. The number of benzene rings is 4. The van der Waals surface area contributed by atoms with E-state index in [4.69, 9.17) is 51.1 Å². The van der Waals surface area contributed by atoms with Gasteiger partial charge in [0.1, 0.15) is 6.29 Å². The molecule has 0 bridgehead atoms. The average molecular weight is 685 g/mol. The molecule has 9 heteroatoms. The van der Waals surface area contributed by atoms with Crippen molar-refractivity contribution in [3.63, 3.8) is 0 Å². The van der Waals surface area contributed by atoms with Crippen molar-refractivity contribution in [1.29, 1.82) is 0 Å². The van der Waals surface area contributed by atoms with Gasteiger partial charge in [-0.05, 0) is 53.8 Å². The first-order valence-electron chi connectivity index (χ1n) is 14.6. The molecule has 1 aliphatic rings. The Morgan fingerprint density at radius 2 is 1.13 bits per heavy atom. The number of aldehydes is 1. The van der Waals surface area contributed by atoms with Gasteiger partial charge >= 0.3 is 0 Å². The second-order valence-corrected chi connectivity index (χ2v) is 12.3. The molecule has 1 aliphatic heterocycles. The number of ketones is 2. The van der Waals surface area contributed by atoms with Gasteiger partial charge in [-0.2, -0.15) is 0 Å². The minimum atomic E-state index is 0.0217. The number of aryl methyl sites for hydroxylation is 2. The lowest BCUT2D eigenvalue weighted by Gasteiger charge is -2.26. The number of nitrogens with zero attached hydrogens (tertiary/aromatic N) is 1. The quantitative estimate of drug-likeness (QED) is 0.116. The number of hydrogen-bond acceptors (Lipinski definition) is 5. The van der Waals surface area contributed by atoms with Crippen molar-refractivity contribution in [1.82, 2.24) is 4.90 Å². The van der Waals surface area contributed by atoms with Crippen molar-refractivity contribution in [3.8, 4) is 0 Å². The Bertz CT molecular complexity index is 1600. The molecule has 0 unspecified atom stereocenters. The summed E-state index contributed by atoms with van der Waals surface area (Å²) >= 11 is 23.9. The maximum Gasteiger partial charge on any atom is 0.163 e. The molecule has 45 heavy (non-hydrogen) atoms. The molecule has 4 aromatic carbocycles. The monoisotopic (exact) mass is 683 g/mol. The minimum absolute atomic E-state index is 0.0217. The van der Waals surface area contributed by atoms with Crippen LogP contribution in [-0.4, -0.2) is 49.1 Å². The second kappa shape index (κ2) is 17.6. The zero-order chi connectivity index (χ0) is 32.2. The maximum absolute atomic E-state index is 12.4. The van der Waals surface area contributed by atoms with E-state index in [-0.39, 0.29) is 11.6 Å². The van der Waals surface area contributed by atoms with Crippen LogP contribution in [0.3, 0.4) is 0 Å². The van der Waals surface area contributed by atoms with Crippen LogP contribution in [0.15, 0.2) is 84.9 Å². The Morgan fingerprint density at radius 3 is 1.58 bits per heavy atom. The van der Waals surface area contributed by atoms with Crippen LogP contribution in [0.5, 0.6) is 0 Å². The highest BCUT2D eigenvalue weighted by Crippen LogP contribution is 2.24. The molecule has 1 fully saturated rings. The van der Waals surface area contributed by atoms with Gasteiger partial charge in [0.15, 0.2) is 11.6 Å². The van der Waals surface area contributed by atoms with Gasteiger partial charge in [0.05, 0.1) is 13.2 Å². The molecular weight excluding hydrogens is 652 g/mol. The maximum atomic E-state index is 12.4. The summed E-state index contributed by atoms with van der Waals surface area (Å²) in [5.74, 6) is 0.150. The summed E-state index contributed by atoms with van der Waals surface area (Å²) in [4.78, 5) is 37.4. The fourth-order valence-electron chi connectivity index (χ4n) is 4.80. The third-order valence-electron chi connectivity index (χ3n) is 7.43. The van der Waals surface area contributed by atoms with Crippen molar-refractivity contribution in [2.75, 3.05) is 26.3 Å². The molecule has 1 saturated heterocycles. The van der Waals surface area contributed by atoms with E-state index in [0.717, 1.165) is 55.8 Å². The van der Waals surface area contributed by atoms with Crippen LogP contribution in [0.1, 0.15) is 60.6 Å². The zero-order valence-electron chi connectivity index (χ0n) is 24.6. The molecule has 0 spiro atoms. The van der Waals surface area contributed by atoms with Crippen LogP contribution in [0.2, 0.25) is 20.1 Å². The lowest BCUT2D eigenvalue weighted by atomic mass is 10.0. The van der Waals surface area contributed by atoms with E-state index in [1.54, 1.807) is 48.5 Å². The Labute approximate surface area is 284 Å². The Balaban J connectivity index is 0.000000210. The number of morpholine rings is 1. The number of halogens is 4. The van der Waals surface area contributed by atoms with Gasteiger partial charge < -0.3 is 4.74 Å². The van der Waals surface area contributed by atoms with Crippen LogP contribution in [0, 0.1) is 0 Å². The normalized spacial score (nSPS) is 13.1. The molecule has 0 N–H and O–H groups in total. The van der Waals surface area contributed by atoms with Crippen LogP contribution in [0.4, 0.5) is 0 Å². The summed E-state index contributed by atoms with van der Waals surface area (Å²) in [5, 5.41) is 2.37. The number of carbonyl (C=O) groups is 3. The van der Waals surface area contributed by atoms with Gasteiger partial charge in [-0.15, -0.1) is 0 Å². The molecule has 0 aliphatic carbocycles. The molecule has 234 valence electrons. The van der Waals surface area contributed by atoms with Crippen molar-refractivity contribution < 1.29 is 19.1 Å². The van der Waals surface area contributed by atoms with E-state index in [2.05, 4.69) is 4.90 Å². The van der Waals surface area contributed by atoms with E-state index in [1.807, 2.05) is 36.4 Å². The van der Waals surface area contributed by atoms with Crippen molar-refractivity contribution in [3.05, 3.63) is 138 Å². The molecule has 5 nitrogen and oxygen atoms in total. The van der Waals surface area contributed by atoms with Gasteiger partial charge in [-0.3, -0.25) is 19.3 Å². The highest BCUT2D eigenvalue weighted by Gasteiger charge is 2.13. The molecule has 5 rings (SSSR count). The van der Waals surface area contributed by atoms with Gasteiger partial charge in [0.2, 0.25) is 0 Å². The molecule has 0 saturated carbocycles.